The van der Waals surface area contributed by atoms with Gasteiger partial charge in [-0.1, -0.05) is 74.5 Å². The fourth-order valence-corrected chi connectivity index (χ4v) is 4.11. The van der Waals surface area contributed by atoms with E-state index in [9.17, 15) is 0 Å². The Bertz CT molecular complexity index is 615. The van der Waals surface area contributed by atoms with Gasteiger partial charge in [0.1, 0.15) is 0 Å². The topological polar surface area (TPSA) is 6.48 Å². The fraction of sp³-hybridized carbons (Fsp3) is 0.500. The molecule has 0 bridgehead atoms. The summed E-state index contributed by atoms with van der Waals surface area (Å²) in [6, 6.07) is 22.6. The molecule has 0 aliphatic carbocycles. The molecule has 2 heteroatoms. The third kappa shape index (κ3) is 5.96. The molecule has 1 saturated heterocycles. The SMILES string of the molecule is CC(C)CN1CCC(N(CCc2ccccc2)Cc2ccccc2)CC1. The normalized spacial score (nSPS) is 16.5. The molecule has 26 heavy (non-hydrogen) atoms. The lowest BCUT2D eigenvalue weighted by Gasteiger charge is -2.39. The van der Waals surface area contributed by atoms with Crippen molar-refractivity contribution in [1.82, 2.24) is 9.80 Å². The molecule has 2 aromatic rings. The van der Waals surface area contributed by atoms with Gasteiger partial charge in [-0.15, -0.1) is 0 Å². The second-order valence-electron chi connectivity index (χ2n) is 8.12. The Morgan fingerprint density at radius 1 is 0.885 bits per heavy atom. The summed E-state index contributed by atoms with van der Waals surface area (Å²) in [4.78, 5) is 5.38. The summed E-state index contributed by atoms with van der Waals surface area (Å²) < 4.78 is 0. The van der Waals surface area contributed by atoms with Crippen LogP contribution in [-0.2, 0) is 13.0 Å². The number of piperidine rings is 1. The van der Waals surface area contributed by atoms with Crippen LogP contribution in [-0.4, -0.2) is 42.0 Å². The molecular formula is C24H34N2. The maximum atomic E-state index is 2.73. The molecule has 0 aromatic heterocycles. The van der Waals surface area contributed by atoms with Gasteiger partial charge >= 0.3 is 0 Å². The number of benzene rings is 2. The Kier molecular flexibility index (Phi) is 7.28. The van der Waals surface area contributed by atoms with E-state index in [4.69, 9.17) is 0 Å². The first-order valence-electron chi connectivity index (χ1n) is 10.2. The summed E-state index contributed by atoms with van der Waals surface area (Å²) >= 11 is 0. The van der Waals surface area contributed by atoms with Crippen LogP contribution in [0.4, 0.5) is 0 Å². The number of nitrogens with zero attached hydrogens (tertiary/aromatic N) is 2. The number of hydrogen-bond donors (Lipinski definition) is 0. The van der Waals surface area contributed by atoms with Crippen LogP contribution >= 0.6 is 0 Å². The summed E-state index contributed by atoms with van der Waals surface area (Å²) in [5.41, 5.74) is 2.88. The zero-order valence-corrected chi connectivity index (χ0v) is 16.5. The Morgan fingerprint density at radius 3 is 2.04 bits per heavy atom. The van der Waals surface area contributed by atoms with Crippen molar-refractivity contribution >= 4 is 0 Å². The van der Waals surface area contributed by atoms with E-state index in [0.29, 0.717) is 6.04 Å². The largest absolute Gasteiger partial charge is 0.303 e. The Morgan fingerprint density at radius 2 is 1.46 bits per heavy atom. The maximum Gasteiger partial charge on any atom is 0.0236 e. The van der Waals surface area contributed by atoms with Crippen LogP contribution in [0.15, 0.2) is 60.7 Å². The van der Waals surface area contributed by atoms with Crippen molar-refractivity contribution in [3.63, 3.8) is 0 Å². The summed E-state index contributed by atoms with van der Waals surface area (Å²) in [7, 11) is 0. The molecule has 1 heterocycles. The standard InChI is InChI=1S/C24H34N2/c1-21(2)19-25-16-14-24(15-17-25)26(20-23-11-7-4-8-12-23)18-13-22-9-5-3-6-10-22/h3-12,21,24H,13-20H2,1-2H3. The van der Waals surface area contributed by atoms with Crippen LogP contribution in [0.5, 0.6) is 0 Å². The van der Waals surface area contributed by atoms with E-state index in [1.807, 2.05) is 0 Å². The molecule has 0 unspecified atom stereocenters. The van der Waals surface area contributed by atoms with Crippen LogP contribution in [0.25, 0.3) is 0 Å². The summed E-state index contributed by atoms with van der Waals surface area (Å²) in [6.07, 6.45) is 3.74. The second-order valence-corrected chi connectivity index (χ2v) is 8.12. The molecule has 140 valence electrons. The molecule has 2 nitrogen and oxygen atoms in total. The third-order valence-corrected chi connectivity index (χ3v) is 5.46. The van der Waals surface area contributed by atoms with Crippen LogP contribution < -0.4 is 0 Å². The predicted octanol–water partition coefficient (Wildman–Crippen LogP) is 4.85. The minimum atomic E-state index is 0.710. The molecule has 3 rings (SSSR count). The van der Waals surface area contributed by atoms with Crippen LogP contribution in [0, 0.1) is 5.92 Å². The fourth-order valence-electron chi connectivity index (χ4n) is 4.11. The molecule has 0 N–H and O–H groups in total. The van der Waals surface area contributed by atoms with Crippen molar-refractivity contribution in [2.45, 2.75) is 45.7 Å². The average molecular weight is 351 g/mol. The number of rotatable bonds is 8. The van der Waals surface area contributed by atoms with E-state index in [0.717, 1.165) is 25.4 Å². The first-order valence-corrected chi connectivity index (χ1v) is 10.2. The summed E-state index contributed by atoms with van der Waals surface area (Å²) in [5, 5.41) is 0. The van der Waals surface area contributed by atoms with Crippen LogP contribution in [0.3, 0.4) is 0 Å². The second kappa shape index (κ2) is 9.89. The van der Waals surface area contributed by atoms with Crippen molar-refractivity contribution in [1.29, 1.82) is 0 Å². The zero-order chi connectivity index (χ0) is 18.2. The lowest BCUT2D eigenvalue weighted by Crippen LogP contribution is -2.46. The Hall–Kier alpha value is -1.64. The van der Waals surface area contributed by atoms with Crippen LogP contribution in [0.1, 0.15) is 37.8 Å². The molecule has 1 fully saturated rings. The van der Waals surface area contributed by atoms with Gasteiger partial charge in [0.25, 0.3) is 0 Å². The van der Waals surface area contributed by atoms with Gasteiger partial charge in [-0.25, -0.2) is 0 Å². The van der Waals surface area contributed by atoms with Gasteiger partial charge in [0.2, 0.25) is 0 Å². The first kappa shape index (κ1) is 19.1. The molecule has 1 aliphatic heterocycles. The minimum Gasteiger partial charge on any atom is -0.303 e. The first-order chi connectivity index (χ1) is 12.7. The van der Waals surface area contributed by atoms with E-state index in [2.05, 4.69) is 84.3 Å². The number of likely N-dealkylation sites (tertiary alicyclic amines) is 1. The van der Waals surface area contributed by atoms with E-state index in [-0.39, 0.29) is 0 Å². The average Bonchev–Trinajstić information content (AvgIpc) is 2.67. The highest BCUT2D eigenvalue weighted by molar-refractivity contribution is 5.16. The minimum absolute atomic E-state index is 0.710. The monoisotopic (exact) mass is 350 g/mol. The van der Waals surface area contributed by atoms with Crippen molar-refractivity contribution in [3.8, 4) is 0 Å². The number of hydrogen-bond acceptors (Lipinski definition) is 2. The van der Waals surface area contributed by atoms with Gasteiger partial charge in [0.15, 0.2) is 0 Å². The molecule has 0 radical (unpaired) electrons. The maximum absolute atomic E-state index is 2.73. The van der Waals surface area contributed by atoms with Gasteiger partial charge in [0, 0.05) is 25.7 Å². The highest BCUT2D eigenvalue weighted by Gasteiger charge is 2.24. The van der Waals surface area contributed by atoms with Crippen molar-refractivity contribution in [3.05, 3.63) is 71.8 Å². The van der Waals surface area contributed by atoms with Gasteiger partial charge in [0.05, 0.1) is 0 Å². The predicted molar refractivity (Wildman–Crippen MR) is 111 cm³/mol. The Labute approximate surface area is 159 Å². The quantitative estimate of drug-likeness (QED) is 0.671. The van der Waals surface area contributed by atoms with Gasteiger partial charge in [-0.05, 0) is 49.4 Å². The van der Waals surface area contributed by atoms with Crippen molar-refractivity contribution in [2.24, 2.45) is 5.92 Å². The highest BCUT2D eigenvalue weighted by Crippen LogP contribution is 2.20. The zero-order valence-electron chi connectivity index (χ0n) is 16.5. The molecule has 1 aliphatic rings. The van der Waals surface area contributed by atoms with E-state index < -0.39 is 0 Å². The molecule has 0 saturated carbocycles. The van der Waals surface area contributed by atoms with E-state index in [1.165, 1.54) is 43.6 Å². The lowest BCUT2D eigenvalue weighted by atomic mass is 10.00. The molecule has 0 atom stereocenters. The molecule has 0 spiro atoms. The van der Waals surface area contributed by atoms with E-state index in [1.54, 1.807) is 0 Å². The van der Waals surface area contributed by atoms with E-state index >= 15 is 0 Å². The van der Waals surface area contributed by atoms with Crippen molar-refractivity contribution < 1.29 is 0 Å². The molecular weight excluding hydrogens is 316 g/mol. The summed E-state index contributed by atoms with van der Waals surface area (Å²) in [5.74, 6) is 0.769. The third-order valence-electron chi connectivity index (χ3n) is 5.46. The Balaban J connectivity index is 1.61. The lowest BCUT2D eigenvalue weighted by molar-refractivity contribution is 0.0972. The van der Waals surface area contributed by atoms with Gasteiger partial charge in [-0.2, -0.15) is 0 Å². The summed E-state index contributed by atoms with van der Waals surface area (Å²) in [6.45, 7) is 10.6. The molecule has 2 aromatic carbocycles. The van der Waals surface area contributed by atoms with Crippen molar-refractivity contribution in [2.75, 3.05) is 26.2 Å². The van der Waals surface area contributed by atoms with Gasteiger partial charge < -0.3 is 4.90 Å². The smallest absolute Gasteiger partial charge is 0.0236 e. The van der Waals surface area contributed by atoms with Gasteiger partial charge in [-0.3, -0.25) is 4.90 Å². The highest BCUT2D eigenvalue weighted by atomic mass is 15.2. The molecule has 0 amide bonds. The van der Waals surface area contributed by atoms with Crippen LogP contribution in [0.2, 0.25) is 0 Å².